The number of hydrogen-bond donors (Lipinski definition) is 0. The van der Waals surface area contributed by atoms with Crippen LogP contribution in [-0.4, -0.2) is 42.7 Å². The summed E-state index contributed by atoms with van der Waals surface area (Å²) in [5.41, 5.74) is 2.72. The first kappa shape index (κ1) is 20.1. The number of piperidine rings is 1. The van der Waals surface area contributed by atoms with Gasteiger partial charge in [0.15, 0.2) is 0 Å². The molecule has 0 aromatic heterocycles. The van der Waals surface area contributed by atoms with Gasteiger partial charge in [-0.3, -0.25) is 4.79 Å². The van der Waals surface area contributed by atoms with Gasteiger partial charge in [-0.1, -0.05) is 37.3 Å². The molecule has 1 amide bonds. The van der Waals surface area contributed by atoms with Gasteiger partial charge in [0.1, 0.15) is 0 Å². The lowest BCUT2D eigenvalue weighted by Crippen LogP contribution is -2.43. The van der Waals surface area contributed by atoms with Crippen LogP contribution in [0.2, 0.25) is 0 Å². The summed E-state index contributed by atoms with van der Waals surface area (Å²) in [6, 6.07) is 14.8. The smallest absolute Gasteiger partial charge is 0.254 e. The lowest BCUT2D eigenvalue weighted by molar-refractivity contribution is 0.0608. The zero-order valence-electron chi connectivity index (χ0n) is 16.9. The van der Waals surface area contributed by atoms with E-state index >= 15 is 0 Å². The van der Waals surface area contributed by atoms with Gasteiger partial charge in [0, 0.05) is 31.2 Å². The Kier molecular flexibility index (Phi) is 5.74. The van der Waals surface area contributed by atoms with Crippen LogP contribution in [0, 0.1) is 0 Å². The van der Waals surface area contributed by atoms with Crippen LogP contribution >= 0.6 is 0 Å². The average Bonchev–Trinajstić information content (AvgIpc) is 2.78. The van der Waals surface area contributed by atoms with E-state index in [-0.39, 0.29) is 16.8 Å². The predicted molar refractivity (Wildman–Crippen MR) is 113 cm³/mol. The Morgan fingerprint density at radius 2 is 1.83 bits per heavy atom. The van der Waals surface area contributed by atoms with Gasteiger partial charge in [-0.25, -0.2) is 8.42 Å². The van der Waals surface area contributed by atoms with Crippen molar-refractivity contribution in [1.82, 2.24) is 9.21 Å². The van der Waals surface area contributed by atoms with Crippen LogP contribution < -0.4 is 0 Å². The first-order chi connectivity index (χ1) is 14.0. The molecule has 4 rings (SSSR count). The summed E-state index contributed by atoms with van der Waals surface area (Å²) < 4.78 is 28.1. The van der Waals surface area contributed by atoms with Gasteiger partial charge in [0.05, 0.1) is 4.90 Å². The Bertz CT molecular complexity index is 1000. The number of sulfonamides is 1. The largest absolute Gasteiger partial charge is 0.336 e. The van der Waals surface area contributed by atoms with Crippen molar-refractivity contribution in [2.45, 2.75) is 56.5 Å². The fourth-order valence-corrected chi connectivity index (χ4v) is 5.94. The van der Waals surface area contributed by atoms with E-state index in [1.807, 2.05) is 23.1 Å². The number of carbonyl (C=O) groups excluding carboxylic acids is 1. The number of hydrogen-bond acceptors (Lipinski definition) is 3. The molecule has 6 heteroatoms. The summed E-state index contributed by atoms with van der Waals surface area (Å²) in [7, 11) is -3.65. The second-order valence-electron chi connectivity index (χ2n) is 7.94. The summed E-state index contributed by atoms with van der Waals surface area (Å²) in [5, 5.41) is 0. The minimum absolute atomic E-state index is 0.0578. The lowest BCUT2D eigenvalue weighted by atomic mass is 9.99. The Morgan fingerprint density at radius 3 is 2.62 bits per heavy atom. The van der Waals surface area contributed by atoms with Crippen molar-refractivity contribution in [3.8, 4) is 0 Å². The molecule has 1 saturated heterocycles. The van der Waals surface area contributed by atoms with Gasteiger partial charge in [-0.15, -0.1) is 0 Å². The van der Waals surface area contributed by atoms with Gasteiger partial charge in [-0.2, -0.15) is 4.31 Å². The third-order valence-corrected chi connectivity index (χ3v) is 8.01. The number of fused-ring (bicyclic) bond motifs is 1. The number of likely N-dealkylation sites (tertiary alicyclic amines) is 1. The quantitative estimate of drug-likeness (QED) is 0.767. The van der Waals surface area contributed by atoms with Gasteiger partial charge < -0.3 is 4.90 Å². The highest BCUT2D eigenvalue weighted by atomic mass is 32.2. The Morgan fingerprint density at radius 1 is 1.03 bits per heavy atom. The van der Waals surface area contributed by atoms with Crippen LogP contribution in [0.1, 0.15) is 54.1 Å². The van der Waals surface area contributed by atoms with Crippen molar-refractivity contribution in [2.24, 2.45) is 0 Å². The summed E-state index contributed by atoms with van der Waals surface area (Å²) in [6.07, 6.45) is 4.81. The molecule has 0 N–H and O–H groups in total. The molecule has 0 saturated carbocycles. The van der Waals surface area contributed by atoms with Crippen molar-refractivity contribution in [2.75, 3.05) is 13.1 Å². The first-order valence-electron chi connectivity index (χ1n) is 10.5. The Balaban J connectivity index is 1.59. The molecule has 2 aliphatic heterocycles. The van der Waals surface area contributed by atoms with Gasteiger partial charge in [0.25, 0.3) is 5.91 Å². The highest BCUT2D eigenvalue weighted by Crippen LogP contribution is 2.27. The summed E-state index contributed by atoms with van der Waals surface area (Å²) in [6.45, 7) is 3.69. The van der Waals surface area contributed by atoms with Crippen LogP contribution in [0.25, 0.3) is 0 Å². The normalized spacial score (nSPS) is 20.3. The minimum Gasteiger partial charge on any atom is -0.336 e. The molecule has 29 heavy (non-hydrogen) atoms. The molecular formula is C23H28N2O3S. The first-order valence-corrected chi connectivity index (χ1v) is 11.9. The van der Waals surface area contributed by atoms with E-state index in [1.54, 1.807) is 24.3 Å². The zero-order valence-corrected chi connectivity index (χ0v) is 17.7. The third-order valence-electron chi connectivity index (χ3n) is 6.17. The number of amides is 1. The van der Waals surface area contributed by atoms with Crippen molar-refractivity contribution < 1.29 is 13.2 Å². The molecule has 0 spiro atoms. The van der Waals surface area contributed by atoms with E-state index in [0.29, 0.717) is 25.1 Å². The second kappa shape index (κ2) is 8.28. The van der Waals surface area contributed by atoms with Crippen LogP contribution in [0.15, 0.2) is 53.4 Å². The summed E-state index contributed by atoms with van der Waals surface area (Å²) in [5.74, 6) is -0.0578. The molecular weight excluding hydrogens is 384 g/mol. The molecule has 1 fully saturated rings. The molecule has 154 valence electrons. The molecule has 1 unspecified atom stereocenters. The van der Waals surface area contributed by atoms with E-state index in [0.717, 1.165) is 37.8 Å². The average molecular weight is 413 g/mol. The fourth-order valence-electron chi connectivity index (χ4n) is 4.47. The molecule has 0 radical (unpaired) electrons. The van der Waals surface area contributed by atoms with Crippen LogP contribution in [0.5, 0.6) is 0 Å². The number of carbonyl (C=O) groups is 1. The highest BCUT2D eigenvalue weighted by Gasteiger charge is 2.30. The van der Waals surface area contributed by atoms with E-state index < -0.39 is 10.0 Å². The molecule has 2 aromatic rings. The maximum absolute atomic E-state index is 13.3. The molecule has 0 bridgehead atoms. The van der Waals surface area contributed by atoms with Crippen LogP contribution in [0.3, 0.4) is 0 Å². The Hall–Kier alpha value is -2.18. The highest BCUT2D eigenvalue weighted by molar-refractivity contribution is 7.89. The summed E-state index contributed by atoms with van der Waals surface area (Å²) >= 11 is 0. The van der Waals surface area contributed by atoms with E-state index in [2.05, 4.69) is 13.0 Å². The van der Waals surface area contributed by atoms with Crippen molar-refractivity contribution >= 4 is 15.9 Å². The SMILES string of the molecule is CCC1CCCCN1C(=O)c1cccc(S(=O)(=O)N2CCc3ccccc3C2)c1. The Labute approximate surface area is 173 Å². The van der Waals surface area contributed by atoms with E-state index in [1.165, 1.54) is 9.87 Å². The number of benzene rings is 2. The fraction of sp³-hybridized carbons (Fsp3) is 0.435. The molecule has 2 aromatic carbocycles. The molecule has 5 nitrogen and oxygen atoms in total. The monoisotopic (exact) mass is 412 g/mol. The summed E-state index contributed by atoms with van der Waals surface area (Å²) in [4.78, 5) is 15.2. The molecule has 2 heterocycles. The van der Waals surface area contributed by atoms with Gasteiger partial charge in [-0.05, 0) is 61.4 Å². The van der Waals surface area contributed by atoms with Gasteiger partial charge >= 0.3 is 0 Å². The third kappa shape index (κ3) is 3.96. The zero-order chi connectivity index (χ0) is 20.4. The molecule has 1 atom stereocenters. The van der Waals surface area contributed by atoms with Crippen LogP contribution in [-0.2, 0) is 23.0 Å². The second-order valence-corrected chi connectivity index (χ2v) is 9.88. The molecule has 2 aliphatic rings. The topological polar surface area (TPSA) is 57.7 Å². The number of rotatable bonds is 4. The van der Waals surface area contributed by atoms with Crippen LogP contribution in [0.4, 0.5) is 0 Å². The standard InChI is InChI=1S/C23H28N2O3S/c1-2-21-11-5-6-14-25(21)23(26)19-10-7-12-22(16-19)29(27,28)24-15-13-18-8-3-4-9-20(18)17-24/h3-4,7-10,12,16,21H,2,5-6,11,13-15,17H2,1H3. The molecule has 0 aliphatic carbocycles. The van der Waals surface area contributed by atoms with Crippen molar-refractivity contribution in [3.63, 3.8) is 0 Å². The lowest BCUT2D eigenvalue weighted by Gasteiger charge is -2.35. The predicted octanol–water partition coefficient (Wildman–Crippen LogP) is 3.84. The van der Waals surface area contributed by atoms with E-state index in [4.69, 9.17) is 0 Å². The maximum Gasteiger partial charge on any atom is 0.254 e. The van der Waals surface area contributed by atoms with Gasteiger partial charge in [0.2, 0.25) is 10.0 Å². The van der Waals surface area contributed by atoms with Crippen molar-refractivity contribution in [3.05, 3.63) is 65.2 Å². The maximum atomic E-state index is 13.3. The van der Waals surface area contributed by atoms with E-state index in [9.17, 15) is 13.2 Å². The van der Waals surface area contributed by atoms with Crippen molar-refractivity contribution in [1.29, 1.82) is 0 Å². The minimum atomic E-state index is -3.65. The number of nitrogens with zero attached hydrogens (tertiary/aromatic N) is 2.